The summed E-state index contributed by atoms with van der Waals surface area (Å²) in [5, 5.41) is 12.8. The topological polar surface area (TPSA) is 42.3 Å². The summed E-state index contributed by atoms with van der Waals surface area (Å²) in [6, 6.07) is 2.56. The smallest absolute Gasteiger partial charge is 0.109 e. The monoisotopic (exact) mass is 292 g/mol. The summed E-state index contributed by atoms with van der Waals surface area (Å²) in [5.41, 5.74) is -0.247. The molecule has 0 radical (unpaired) electrons. The predicted octanol–water partition coefficient (Wildman–Crippen LogP) is 1.93. The van der Waals surface area contributed by atoms with Crippen LogP contribution in [-0.4, -0.2) is 62.7 Å². The van der Waals surface area contributed by atoms with E-state index in [-0.39, 0.29) is 5.54 Å². The van der Waals surface area contributed by atoms with E-state index in [4.69, 9.17) is 0 Å². The van der Waals surface area contributed by atoms with Crippen LogP contribution in [0.1, 0.15) is 38.5 Å². The Bertz CT molecular complexity index is 354. The van der Waals surface area contributed by atoms with Gasteiger partial charge in [0.15, 0.2) is 0 Å². The molecule has 1 saturated heterocycles. The minimum Gasteiger partial charge on any atom is -0.309 e. The summed E-state index contributed by atoms with van der Waals surface area (Å²) >= 11 is 0. The average Bonchev–Trinajstić information content (AvgIpc) is 2.89. The van der Waals surface area contributed by atoms with Crippen LogP contribution in [0.3, 0.4) is 0 Å². The highest BCUT2D eigenvalue weighted by Crippen LogP contribution is 2.37. The number of likely N-dealkylation sites (tertiary alicyclic amines) is 1. The van der Waals surface area contributed by atoms with Crippen molar-refractivity contribution in [3.8, 4) is 6.07 Å². The molecule has 21 heavy (non-hydrogen) atoms. The van der Waals surface area contributed by atoms with Crippen LogP contribution in [0.15, 0.2) is 0 Å². The van der Waals surface area contributed by atoms with Crippen LogP contribution in [0.4, 0.5) is 0 Å². The Morgan fingerprint density at radius 3 is 2.57 bits per heavy atom. The number of hydrogen-bond acceptors (Lipinski definition) is 4. The molecule has 120 valence electrons. The van der Waals surface area contributed by atoms with Crippen molar-refractivity contribution in [2.45, 2.75) is 44.1 Å². The first-order chi connectivity index (χ1) is 10.1. The molecule has 1 saturated carbocycles. The summed E-state index contributed by atoms with van der Waals surface area (Å²) < 4.78 is 0. The Morgan fingerprint density at radius 2 is 2.00 bits per heavy atom. The molecule has 0 amide bonds. The molecule has 1 heterocycles. The van der Waals surface area contributed by atoms with Crippen molar-refractivity contribution in [2.24, 2.45) is 11.8 Å². The minimum atomic E-state index is -0.247. The molecule has 2 fully saturated rings. The number of piperidine rings is 1. The predicted molar refractivity (Wildman–Crippen MR) is 87.1 cm³/mol. The maximum absolute atomic E-state index is 9.51. The van der Waals surface area contributed by atoms with E-state index in [0.29, 0.717) is 5.92 Å². The second-order valence-electron chi connectivity index (χ2n) is 7.26. The first-order valence-corrected chi connectivity index (χ1v) is 8.57. The summed E-state index contributed by atoms with van der Waals surface area (Å²) in [5.74, 6) is 1.41. The van der Waals surface area contributed by atoms with Gasteiger partial charge in [0, 0.05) is 6.54 Å². The SMILES string of the molecule is CNC1(C#N)CCCC1CCN1CCC(CN(C)C)CC1. The molecule has 4 heteroatoms. The lowest BCUT2D eigenvalue weighted by molar-refractivity contribution is 0.149. The van der Waals surface area contributed by atoms with Crippen LogP contribution in [0.5, 0.6) is 0 Å². The van der Waals surface area contributed by atoms with Gasteiger partial charge in [-0.2, -0.15) is 5.26 Å². The first-order valence-electron chi connectivity index (χ1n) is 8.57. The molecule has 1 N–H and O–H groups in total. The Hall–Kier alpha value is -0.630. The normalized spacial score (nSPS) is 31.7. The third kappa shape index (κ3) is 4.18. The van der Waals surface area contributed by atoms with Crippen molar-refractivity contribution in [3.63, 3.8) is 0 Å². The molecule has 1 aliphatic carbocycles. The number of nitrogens with one attached hydrogen (secondary N) is 1. The molecule has 0 aromatic rings. The standard InChI is InChI=1S/C17H32N4/c1-19-17(14-18)9-4-5-16(17)8-12-21-10-6-15(7-11-21)13-20(2)3/h15-16,19H,4-13H2,1-3H3. The van der Waals surface area contributed by atoms with E-state index < -0.39 is 0 Å². The van der Waals surface area contributed by atoms with Gasteiger partial charge in [0.2, 0.25) is 0 Å². The quantitative estimate of drug-likeness (QED) is 0.812. The van der Waals surface area contributed by atoms with Gasteiger partial charge < -0.3 is 15.1 Å². The average molecular weight is 292 g/mol. The highest BCUT2D eigenvalue weighted by atomic mass is 15.1. The third-order valence-corrected chi connectivity index (χ3v) is 5.59. The lowest BCUT2D eigenvalue weighted by Crippen LogP contribution is -2.46. The van der Waals surface area contributed by atoms with Crippen molar-refractivity contribution in [2.75, 3.05) is 47.3 Å². The van der Waals surface area contributed by atoms with E-state index in [1.807, 2.05) is 7.05 Å². The van der Waals surface area contributed by atoms with Crippen LogP contribution in [0.25, 0.3) is 0 Å². The lowest BCUT2D eigenvalue weighted by atomic mass is 9.85. The largest absolute Gasteiger partial charge is 0.309 e. The van der Waals surface area contributed by atoms with Gasteiger partial charge >= 0.3 is 0 Å². The van der Waals surface area contributed by atoms with Crippen LogP contribution in [0, 0.1) is 23.2 Å². The zero-order chi connectivity index (χ0) is 15.3. The van der Waals surface area contributed by atoms with Crippen molar-refractivity contribution < 1.29 is 0 Å². The van der Waals surface area contributed by atoms with Crippen LogP contribution in [-0.2, 0) is 0 Å². The zero-order valence-electron chi connectivity index (χ0n) is 14.1. The van der Waals surface area contributed by atoms with Crippen molar-refractivity contribution >= 4 is 0 Å². The molecule has 2 atom stereocenters. The van der Waals surface area contributed by atoms with Crippen LogP contribution >= 0.6 is 0 Å². The van der Waals surface area contributed by atoms with Crippen LogP contribution < -0.4 is 5.32 Å². The minimum absolute atomic E-state index is 0.247. The van der Waals surface area contributed by atoms with E-state index >= 15 is 0 Å². The molecule has 0 aromatic carbocycles. The Kier molecular flexibility index (Phi) is 6.04. The highest BCUT2D eigenvalue weighted by Gasteiger charge is 2.41. The fraction of sp³-hybridized carbons (Fsp3) is 0.941. The second-order valence-corrected chi connectivity index (χ2v) is 7.26. The summed E-state index contributed by atoms with van der Waals surface area (Å²) in [6.07, 6.45) is 7.27. The van der Waals surface area contributed by atoms with Crippen LogP contribution in [0.2, 0.25) is 0 Å². The molecule has 0 bridgehead atoms. The van der Waals surface area contributed by atoms with Gasteiger partial charge in [-0.05, 0) is 84.7 Å². The summed E-state index contributed by atoms with van der Waals surface area (Å²) in [6.45, 7) is 4.88. The molecular weight excluding hydrogens is 260 g/mol. The highest BCUT2D eigenvalue weighted by molar-refractivity contribution is 5.13. The maximum Gasteiger partial charge on any atom is 0.109 e. The van der Waals surface area contributed by atoms with Gasteiger partial charge in [-0.3, -0.25) is 0 Å². The Labute approximate surface area is 130 Å². The van der Waals surface area contributed by atoms with E-state index in [1.165, 1.54) is 58.3 Å². The van der Waals surface area contributed by atoms with Gasteiger partial charge in [-0.1, -0.05) is 6.42 Å². The van der Waals surface area contributed by atoms with Crippen molar-refractivity contribution in [1.29, 1.82) is 5.26 Å². The number of nitriles is 1. The molecular formula is C17H32N4. The molecule has 2 rings (SSSR count). The molecule has 1 aliphatic heterocycles. The molecule has 2 unspecified atom stereocenters. The van der Waals surface area contributed by atoms with Gasteiger partial charge in [0.1, 0.15) is 5.54 Å². The first kappa shape index (κ1) is 16.7. The summed E-state index contributed by atoms with van der Waals surface area (Å²) in [7, 11) is 6.30. The van der Waals surface area contributed by atoms with Crippen molar-refractivity contribution in [3.05, 3.63) is 0 Å². The maximum atomic E-state index is 9.51. The molecule has 0 spiro atoms. The van der Waals surface area contributed by atoms with Gasteiger partial charge in [-0.25, -0.2) is 0 Å². The molecule has 4 nitrogen and oxygen atoms in total. The fourth-order valence-electron chi connectivity index (χ4n) is 4.25. The number of hydrogen-bond donors (Lipinski definition) is 1. The van der Waals surface area contributed by atoms with Gasteiger partial charge in [0.05, 0.1) is 6.07 Å². The molecule has 0 aromatic heterocycles. The number of rotatable bonds is 6. The van der Waals surface area contributed by atoms with Gasteiger partial charge in [-0.15, -0.1) is 0 Å². The Morgan fingerprint density at radius 1 is 1.29 bits per heavy atom. The number of nitrogens with zero attached hydrogens (tertiary/aromatic N) is 3. The van der Waals surface area contributed by atoms with E-state index in [1.54, 1.807) is 0 Å². The van der Waals surface area contributed by atoms with E-state index in [0.717, 1.165) is 12.3 Å². The van der Waals surface area contributed by atoms with Gasteiger partial charge in [0.25, 0.3) is 0 Å². The van der Waals surface area contributed by atoms with Crippen molar-refractivity contribution in [1.82, 2.24) is 15.1 Å². The lowest BCUT2D eigenvalue weighted by Gasteiger charge is -2.35. The summed E-state index contributed by atoms with van der Waals surface area (Å²) in [4.78, 5) is 4.93. The Balaban J connectivity index is 1.74. The fourth-order valence-corrected chi connectivity index (χ4v) is 4.25. The second kappa shape index (κ2) is 7.58. The third-order valence-electron chi connectivity index (χ3n) is 5.59. The van der Waals surface area contributed by atoms with E-state index in [9.17, 15) is 5.26 Å². The molecule has 2 aliphatic rings. The zero-order valence-corrected chi connectivity index (χ0v) is 14.1. The van der Waals surface area contributed by atoms with E-state index in [2.05, 4.69) is 35.3 Å².